The lowest BCUT2D eigenvalue weighted by Crippen LogP contribution is -2.23. The molecule has 2 aromatic heterocycles. The predicted molar refractivity (Wildman–Crippen MR) is 113 cm³/mol. The third-order valence-electron chi connectivity index (χ3n) is 6.15. The zero-order chi connectivity index (χ0) is 23.1. The average molecular weight is 464 g/mol. The van der Waals surface area contributed by atoms with Crippen LogP contribution < -0.4 is 10.6 Å². The molecule has 0 bridgehead atoms. The van der Waals surface area contributed by atoms with Crippen molar-refractivity contribution in [1.29, 1.82) is 0 Å². The maximum atomic E-state index is 14.5. The van der Waals surface area contributed by atoms with E-state index in [1.165, 1.54) is 12.6 Å². The van der Waals surface area contributed by atoms with Crippen LogP contribution in [0.15, 0.2) is 6.20 Å². The Balaban J connectivity index is 1.57. The highest BCUT2D eigenvalue weighted by atomic mass is 19.1. The van der Waals surface area contributed by atoms with Crippen molar-refractivity contribution < 1.29 is 28.1 Å². The van der Waals surface area contributed by atoms with Crippen molar-refractivity contribution in [2.24, 2.45) is 0 Å². The summed E-state index contributed by atoms with van der Waals surface area (Å²) >= 11 is 0. The van der Waals surface area contributed by atoms with E-state index in [0.29, 0.717) is 36.7 Å². The highest BCUT2D eigenvalue weighted by molar-refractivity contribution is 5.77. The van der Waals surface area contributed by atoms with Crippen molar-refractivity contribution in [2.45, 2.75) is 50.6 Å². The van der Waals surface area contributed by atoms with E-state index < -0.39 is 34.6 Å². The van der Waals surface area contributed by atoms with Crippen molar-refractivity contribution in [3.05, 3.63) is 23.6 Å². The highest BCUT2D eigenvalue weighted by Gasteiger charge is 2.29. The Bertz CT molecular complexity index is 1160. The van der Waals surface area contributed by atoms with Crippen LogP contribution >= 0.6 is 0 Å². The number of anilines is 3. The first-order valence-electron chi connectivity index (χ1n) is 10.9. The summed E-state index contributed by atoms with van der Waals surface area (Å²) in [5, 5.41) is 25.0. The number of halogens is 3. The number of aromatic hydroxyl groups is 2. The lowest BCUT2D eigenvalue weighted by atomic mass is 9.96. The number of imidazole rings is 1. The summed E-state index contributed by atoms with van der Waals surface area (Å²) in [5.74, 6) is -7.53. The van der Waals surface area contributed by atoms with Crippen LogP contribution in [0.5, 0.6) is 11.5 Å². The smallest absolute Gasteiger partial charge is 0.224 e. The fraction of sp³-hybridized carbons (Fsp3) is 0.476. The van der Waals surface area contributed by atoms with Gasteiger partial charge in [0.25, 0.3) is 0 Å². The van der Waals surface area contributed by atoms with Crippen LogP contribution in [0.1, 0.15) is 44.6 Å². The third-order valence-corrected chi connectivity index (χ3v) is 6.15. The molecule has 1 aliphatic heterocycles. The molecule has 2 aliphatic rings. The molecule has 0 radical (unpaired) electrons. The fourth-order valence-electron chi connectivity index (χ4n) is 4.41. The first-order valence-corrected chi connectivity index (χ1v) is 10.9. The molecule has 2 fully saturated rings. The Morgan fingerprint density at radius 2 is 1.70 bits per heavy atom. The Kier molecular flexibility index (Phi) is 5.60. The largest absolute Gasteiger partial charge is 0.503 e. The number of hydrogen-bond acceptors (Lipinski definition) is 8. The normalized spacial score (nSPS) is 19.3. The molecule has 1 saturated carbocycles. The number of fused-ring (bicyclic) bond motifs is 1. The standard InChI is InChI=1S/C21H23F3N6O3/c22-13-16(14(23)18(32)15(24)17(13)31)28-21-27-12-8-25-20(26-10-4-2-1-3-5-10)29-19(12)30(21)11-6-7-33-9-11/h8,10-11,31-32H,1-7,9H2,(H,27,28)(H,25,26,29). The van der Waals surface area contributed by atoms with Crippen LogP contribution in [0.4, 0.5) is 30.8 Å². The second-order valence-electron chi connectivity index (χ2n) is 8.34. The average Bonchev–Trinajstić information content (AvgIpc) is 3.47. The summed E-state index contributed by atoms with van der Waals surface area (Å²) in [6.45, 7) is 0.823. The van der Waals surface area contributed by atoms with E-state index in [0.717, 1.165) is 25.7 Å². The number of benzene rings is 1. The summed E-state index contributed by atoms with van der Waals surface area (Å²) in [6, 6.07) is 0.0389. The summed E-state index contributed by atoms with van der Waals surface area (Å²) in [4.78, 5) is 13.3. The van der Waals surface area contributed by atoms with E-state index in [1.807, 2.05) is 0 Å². The third kappa shape index (κ3) is 3.88. The van der Waals surface area contributed by atoms with Crippen LogP contribution in [-0.2, 0) is 4.74 Å². The summed E-state index contributed by atoms with van der Waals surface area (Å²) < 4.78 is 49.7. The Morgan fingerprint density at radius 3 is 2.36 bits per heavy atom. The monoisotopic (exact) mass is 464 g/mol. The molecule has 1 unspecified atom stereocenters. The summed E-state index contributed by atoms with van der Waals surface area (Å²) in [5.41, 5.74) is -0.136. The molecule has 3 heterocycles. The van der Waals surface area contributed by atoms with Crippen LogP contribution in [0.2, 0.25) is 0 Å². The SMILES string of the molecule is Oc1c(F)c(O)c(F)c(Nc2nc3cnc(NC4CCCCC4)nc3n2C2CCOC2)c1F. The lowest BCUT2D eigenvalue weighted by molar-refractivity contribution is 0.187. The number of phenols is 2. The molecule has 1 aliphatic carbocycles. The van der Waals surface area contributed by atoms with Crippen LogP contribution in [0.3, 0.4) is 0 Å². The molecule has 0 spiro atoms. The number of phenolic OH excluding ortho intramolecular Hbond substituents is 2. The van der Waals surface area contributed by atoms with Gasteiger partial charge in [-0.3, -0.25) is 4.57 Å². The van der Waals surface area contributed by atoms with Gasteiger partial charge in [0.1, 0.15) is 11.2 Å². The first kappa shape index (κ1) is 21.6. The summed E-state index contributed by atoms with van der Waals surface area (Å²) in [6.07, 6.45) is 7.67. The molecule has 12 heteroatoms. The highest BCUT2D eigenvalue weighted by Crippen LogP contribution is 2.39. The summed E-state index contributed by atoms with van der Waals surface area (Å²) in [7, 11) is 0. The van der Waals surface area contributed by atoms with Gasteiger partial charge in [-0.15, -0.1) is 0 Å². The van der Waals surface area contributed by atoms with Crippen molar-refractivity contribution in [3.63, 3.8) is 0 Å². The van der Waals surface area contributed by atoms with Gasteiger partial charge in [0.05, 0.1) is 18.8 Å². The number of nitrogens with one attached hydrogen (secondary N) is 2. The number of ether oxygens (including phenoxy) is 1. The zero-order valence-corrected chi connectivity index (χ0v) is 17.6. The molecular formula is C21H23F3N6O3. The van der Waals surface area contributed by atoms with Gasteiger partial charge in [-0.05, 0) is 19.3 Å². The van der Waals surface area contributed by atoms with E-state index >= 15 is 0 Å². The second-order valence-corrected chi connectivity index (χ2v) is 8.34. The van der Waals surface area contributed by atoms with Gasteiger partial charge in [-0.2, -0.15) is 9.37 Å². The molecule has 4 N–H and O–H groups in total. The van der Waals surface area contributed by atoms with Crippen LogP contribution in [0, 0.1) is 17.5 Å². The van der Waals surface area contributed by atoms with Gasteiger partial charge in [0.15, 0.2) is 28.8 Å². The molecule has 3 aromatic rings. The molecule has 176 valence electrons. The minimum atomic E-state index is -1.78. The first-order chi connectivity index (χ1) is 15.9. The van der Waals surface area contributed by atoms with Gasteiger partial charge >= 0.3 is 0 Å². The van der Waals surface area contributed by atoms with Gasteiger partial charge in [0.2, 0.25) is 17.7 Å². The van der Waals surface area contributed by atoms with E-state index in [1.54, 1.807) is 4.57 Å². The van der Waals surface area contributed by atoms with Gasteiger partial charge in [0, 0.05) is 12.6 Å². The number of nitrogens with zero attached hydrogens (tertiary/aromatic N) is 4. The topological polar surface area (TPSA) is 117 Å². The lowest BCUT2D eigenvalue weighted by Gasteiger charge is -2.22. The minimum Gasteiger partial charge on any atom is -0.503 e. The number of aromatic nitrogens is 4. The Labute approximate surface area is 186 Å². The quantitative estimate of drug-likeness (QED) is 0.446. The Morgan fingerprint density at radius 1 is 0.970 bits per heavy atom. The predicted octanol–water partition coefficient (Wildman–Crippen LogP) is 4.10. The molecule has 0 amide bonds. The fourth-order valence-corrected chi connectivity index (χ4v) is 4.41. The van der Waals surface area contributed by atoms with E-state index in [-0.39, 0.29) is 18.0 Å². The van der Waals surface area contributed by atoms with Crippen molar-refractivity contribution in [3.8, 4) is 11.5 Å². The van der Waals surface area contributed by atoms with Gasteiger partial charge in [-0.1, -0.05) is 19.3 Å². The van der Waals surface area contributed by atoms with E-state index in [9.17, 15) is 23.4 Å². The van der Waals surface area contributed by atoms with Crippen molar-refractivity contribution in [2.75, 3.05) is 23.8 Å². The minimum absolute atomic E-state index is 0.00664. The maximum absolute atomic E-state index is 14.5. The number of hydrogen-bond donors (Lipinski definition) is 4. The van der Waals surface area contributed by atoms with Gasteiger partial charge < -0.3 is 25.6 Å². The maximum Gasteiger partial charge on any atom is 0.224 e. The molecule has 33 heavy (non-hydrogen) atoms. The van der Waals surface area contributed by atoms with Crippen molar-refractivity contribution >= 4 is 28.7 Å². The van der Waals surface area contributed by atoms with E-state index in [2.05, 4.69) is 25.6 Å². The molecule has 1 aromatic carbocycles. The molecule has 5 rings (SSSR count). The molecule has 1 atom stereocenters. The van der Waals surface area contributed by atoms with E-state index in [4.69, 9.17) is 4.74 Å². The molecule has 1 saturated heterocycles. The zero-order valence-electron chi connectivity index (χ0n) is 17.6. The van der Waals surface area contributed by atoms with Crippen LogP contribution in [0.25, 0.3) is 11.2 Å². The number of rotatable bonds is 5. The molecular weight excluding hydrogens is 441 g/mol. The Hall–Kier alpha value is -3.28. The van der Waals surface area contributed by atoms with Gasteiger partial charge in [-0.25, -0.2) is 18.7 Å². The van der Waals surface area contributed by atoms with Crippen LogP contribution in [-0.4, -0.2) is 49.0 Å². The molecule has 9 nitrogen and oxygen atoms in total. The second kappa shape index (κ2) is 8.58. The van der Waals surface area contributed by atoms with Crippen molar-refractivity contribution in [1.82, 2.24) is 19.5 Å².